The molecule has 3 rings (SSSR count). The summed E-state index contributed by atoms with van der Waals surface area (Å²) in [6.45, 7) is 0.657. The van der Waals surface area contributed by atoms with Crippen molar-refractivity contribution in [2.24, 2.45) is 11.7 Å². The minimum absolute atomic E-state index is 0.0490. The zero-order valence-electron chi connectivity index (χ0n) is 10.6. The van der Waals surface area contributed by atoms with E-state index < -0.39 is 0 Å². The molecule has 19 heavy (non-hydrogen) atoms. The second-order valence-electron chi connectivity index (χ2n) is 4.96. The van der Waals surface area contributed by atoms with E-state index >= 15 is 0 Å². The summed E-state index contributed by atoms with van der Waals surface area (Å²) in [6, 6.07) is 15.9. The Bertz CT molecular complexity index is 584. The zero-order valence-corrected chi connectivity index (χ0v) is 11.3. The molecule has 3 heteroatoms. The van der Waals surface area contributed by atoms with Crippen LogP contribution < -0.4 is 10.5 Å². The quantitative estimate of drug-likeness (QED) is 0.907. The molecule has 2 aromatic carbocycles. The number of nitrogens with two attached hydrogens (primary N) is 1. The summed E-state index contributed by atoms with van der Waals surface area (Å²) in [5.41, 5.74) is 8.66. The van der Waals surface area contributed by atoms with Crippen molar-refractivity contribution in [3.8, 4) is 5.75 Å². The molecule has 0 aliphatic carbocycles. The van der Waals surface area contributed by atoms with Gasteiger partial charge in [0.05, 0.1) is 6.61 Å². The summed E-state index contributed by atoms with van der Waals surface area (Å²) in [6.07, 6.45) is 0.948. The molecule has 2 aromatic rings. The van der Waals surface area contributed by atoms with Crippen LogP contribution in [0.3, 0.4) is 0 Å². The second-order valence-corrected chi connectivity index (χ2v) is 5.40. The van der Waals surface area contributed by atoms with Gasteiger partial charge in [-0.25, -0.2) is 0 Å². The minimum atomic E-state index is -0.0490. The van der Waals surface area contributed by atoms with E-state index in [9.17, 15) is 0 Å². The first-order valence-corrected chi connectivity index (χ1v) is 6.83. The number of hydrogen-bond acceptors (Lipinski definition) is 2. The normalized spacial score (nSPS) is 19.4. The molecule has 1 heterocycles. The highest BCUT2D eigenvalue weighted by atomic mass is 35.5. The molecular weight excluding hydrogens is 258 g/mol. The molecule has 0 radical (unpaired) electrons. The van der Waals surface area contributed by atoms with Gasteiger partial charge in [-0.05, 0) is 35.7 Å². The Morgan fingerprint density at radius 3 is 2.84 bits per heavy atom. The Hall–Kier alpha value is -1.51. The van der Waals surface area contributed by atoms with Crippen molar-refractivity contribution in [1.29, 1.82) is 0 Å². The first-order chi connectivity index (χ1) is 9.24. The molecule has 98 valence electrons. The Balaban J connectivity index is 1.81. The van der Waals surface area contributed by atoms with Crippen LogP contribution in [-0.2, 0) is 6.42 Å². The second kappa shape index (κ2) is 5.24. The van der Waals surface area contributed by atoms with Gasteiger partial charge in [0, 0.05) is 17.0 Å². The Labute approximate surface area is 118 Å². The number of para-hydroxylation sites is 1. The van der Waals surface area contributed by atoms with Gasteiger partial charge in [-0.15, -0.1) is 0 Å². The monoisotopic (exact) mass is 273 g/mol. The van der Waals surface area contributed by atoms with Crippen LogP contribution in [0.25, 0.3) is 0 Å². The van der Waals surface area contributed by atoms with Gasteiger partial charge >= 0.3 is 0 Å². The fourth-order valence-electron chi connectivity index (χ4n) is 2.57. The molecule has 2 atom stereocenters. The van der Waals surface area contributed by atoms with Crippen molar-refractivity contribution < 1.29 is 4.74 Å². The lowest BCUT2D eigenvalue weighted by Gasteiger charge is -2.29. The molecule has 1 aliphatic rings. The van der Waals surface area contributed by atoms with Crippen LogP contribution in [0, 0.1) is 5.92 Å². The van der Waals surface area contributed by atoms with Crippen LogP contribution in [-0.4, -0.2) is 6.61 Å². The molecule has 0 saturated heterocycles. The van der Waals surface area contributed by atoms with Gasteiger partial charge < -0.3 is 10.5 Å². The highest BCUT2D eigenvalue weighted by Crippen LogP contribution is 2.32. The van der Waals surface area contributed by atoms with E-state index in [-0.39, 0.29) is 12.0 Å². The smallest absolute Gasteiger partial charge is 0.122 e. The summed E-state index contributed by atoms with van der Waals surface area (Å²) >= 11 is 6.02. The van der Waals surface area contributed by atoms with Crippen molar-refractivity contribution in [2.45, 2.75) is 12.5 Å². The summed E-state index contributed by atoms with van der Waals surface area (Å²) in [5, 5.41) is 0.727. The summed E-state index contributed by atoms with van der Waals surface area (Å²) < 4.78 is 5.80. The Kier molecular flexibility index (Phi) is 3.45. The van der Waals surface area contributed by atoms with Gasteiger partial charge in [0.25, 0.3) is 0 Å². The summed E-state index contributed by atoms with van der Waals surface area (Å²) in [5.74, 6) is 1.27. The molecule has 0 saturated carbocycles. The van der Waals surface area contributed by atoms with E-state index in [1.165, 1.54) is 5.56 Å². The van der Waals surface area contributed by atoms with Crippen molar-refractivity contribution in [3.05, 3.63) is 64.7 Å². The number of fused-ring (bicyclic) bond motifs is 1. The minimum Gasteiger partial charge on any atom is -0.493 e. The van der Waals surface area contributed by atoms with E-state index in [0.717, 1.165) is 22.8 Å². The van der Waals surface area contributed by atoms with E-state index in [2.05, 4.69) is 6.07 Å². The SMILES string of the molecule is NC(c1cccc(Cl)c1)C1COc2ccccc2C1. The van der Waals surface area contributed by atoms with Crippen LogP contribution in [0.2, 0.25) is 5.02 Å². The summed E-state index contributed by atoms with van der Waals surface area (Å²) in [7, 11) is 0. The van der Waals surface area contributed by atoms with Crippen LogP contribution in [0.5, 0.6) is 5.75 Å². The topological polar surface area (TPSA) is 35.2 Å². The number of benzene rings is 2. The standard InChI is InChI=1S/C16H16ClNO/c17-14-6-3-5-12(9-14)16(18)13-8-11-4-1-2-7-15(11)19-10-13/h1-7,9,13,16H,8,10,18H2. The average Bonchev–Trinajstić information content (AvgIpc) is 2.46. The zero-order chi connectivity index (χ0) is 13.2. The first-order valence-electron chi connectivity index (χ1n) is 6.46. The van der Waals surface area contributed by atoms with Crippen molar-refractivity contribution in [2.75, 3.05) is 6.61 Å². The Morgan fingerprint density at radius 1 is 1.16 bits per heavy atom. The first kappa shape index (κ1) is 12.5. The van der Waals surface area contributed by atoms with Gasteiger partial charge in [-0.3, -0.25) is 0 Å². The molecule has 1 aliphatic heterocycles. The molecule has 2 N–H and O–H groups in total. The molecular formula is C16H16ClNO. The van der Waals surface area contributed by atoms with E-state index in [0.29, 0.717) is 6.61 Å². The van der Waals surface area contributed by atoms with Crippen LogP contribution in [0.4, 0.5) is 0 Å². The molecule has 2 nitrogen and oxygen atoms in total. The van der Waals surface area contributed by atoms with E-state index in [1.54, 1.807) is 0 Å². The van der Waals surface area contributed by atoms with Crippen LogP contribution >= 0.6 is 11.6 Å². The van der Waals surface area contributed by atoms with Crippen LogP contribution in [0.1, 0.15) is 17.2 Å². The number of halogens is 1. The lowest BCUT2D eigenvalue weighted by Crippen LogP contribution is -2.31. The van der Waals surface area contributed by atoms with Crippen molar-refractivity contribution >= 4 is 11.6 Å². The van der Waals surface area contributed by atoms with Gasteiger partial charge in [0.1, 0.15) is 5.75 Å². The number of ether oxygens (including phenoxy) is 1. The van der Waals surface area contributed by atoms with E-state index in [4.69, 9.17) is 22.1 Å². The largest absolute Gasteiger partial charge is 0.493 e. The maximum atomic E-state index is 6.36. The maximum Gasteiger partial charge on any atom is 0.122 e. The van der Waals surface area contributed by atoms with Crippen molar-refractivity contribution in [3.63, 3.8) is 0 Å². The fourth-order valence-corrected chi connectivity index (χ4v) is 2.77. The third kappa shape index (κ3) is 2.60. The van der Waals surface area contributed by atoms with Crippen molar-refractivity contribution in [1.82, 2.24) is 0 Å². The molecule has 0 bridgehead atoms. The highest BCUT2D eigenvalue weighted by molar-refractivity contribution is 6.30. The molecule has 0 fully saturated rings. The predicted molar refractivity (Wildman–Crippen MR) is 77.5 cm³/mol. The highest BCUT2D eigenvalue weighted by Gasteiger charge is 2.26. The summed E-state index contributed by atoms with van der Waals surface area (Å²) in [4.78, 5) is 0. The van der Waals surface area contributed by atoms with Gasteiger partial charge in [0.2, 0.25) is 0 Å². The van der Waals surface area contributed by atoms with E-state index in [1.807, 2.05) is 42.5 Å². The lowest BCUT2D eigenvalue weighted by atomic mass is 9.87. The van der Waals surface area contributed by atoms with Gasteiger partial charge in [0.15, 0.2) is 0 Å². The Morgan fingerprint density at radius 2 is 2.00 bits per heavy atom. The predicted octanol–water partition coefficient (Wildman–Crippen LogP) is 3.59. The molecule has 0 spiro atoms. The molecule has 0 aromatic heterocycles. The molecule has 2 unspecified atom stereocenters. The third-order valence-corrected chi connectivity index (χ3v) is 3.88. The third-order valence-electron chi connectivity index (χ3n) is 3.65. The maximum absolute atomic E-state index is 6.36. The molecule has 0 amide bonds. The number of hydrogen-bond donors (Lipinski definition) is 1. The lowest BCUT2D eigenvalue weighted by molar-refractivity contribution is 0.200. The number of rotatable bonds is 2. The van der Waals surface area contributed by atoms with Gasteiger partial charge in [-0.1, -0.05) is 41.9 Å². The van der Waals surface area contributed by atoms with Crippen LogP contribution in [0.15, 0.2) is 48.5 Å². The fraction of sp³-hybridized carbons (Fsp3) is 0.250. The average molecular weight is 274 g/mol. The van der Waals surface area contributed by atoms with Gasteiger partial charge in [-0.2, -0.15) is 0 Å².